The van der Waals surface area contributed by atoms with Gasteiger partial charge in [-0.15, -0.1) is 0 Å². The number of nitrogens with one attached hydrogen (secondary N) is 1. The first-order chi connectivity index (χ1) is 8.87. The number of furan rings is 1. The Morgan fingerprint density at radius 3 is 2.05 bits per heavy atom. The molecule has 4 nitrogen and oxygen atoms in total. The van der Waals surface area contributed by atoms with Crippen molar-refractivity contribution in [2.24, 2.45) is 0 Å². The van der Waals surface area contributed by atoms with E-state index in [9.17, 15) is 8.42 Å². The molecule has 0 amide bonds. The highest BCUT2D eigenvalue weighted by Gasteiger charge is 2.28. The molecular formula is C15H27NO3S. The number of hydrogen-bond acceptors (Lipinski definition) is 3. The van der Waals surface area contributed by atoms with Gasteiger partial charge < -0.3 is 4.42 Å². The van der Waals surface area contributed by atoms with Gasteiger partial charge >= 0.3 is 0 Å². The standard InChI is InChI=1S/C15H27NO3S/c1-14(2,3)12-10-11(8-9-20(17,18)16-7)13(19-12)15(4,5)6/h10,16H,8-9H2,1-7H3. The van der Waals surface area contributed by atoms with Crippen molar-refractivity contribution in [2.75, 3.05) is 12.8 Å². The van der Waals surface area contributed by atoms with Crippen molar-refractivity contribution in [2.45, 2.75) is 58.8 Å². The second-order valence-corrected chi connectivity index (χ2v) is 9.28. The molecule has 116 valence electrons. The highest BCUT2D eigenvalue weighted by Crippen LogP contribution is 2.34. The predicted molar refractivity (Wildman–Crippen MR) is 82.7 cm³/mol. The summed E-state index contributed by atoms with van der Waals surface area (Å²) >= 11 is 0. The number of sulfonamides is 1. The van der Waals surface area contributed by atoms with Crippen LogP contribution in [0.25, 0.3) is 0 Å². The molecule has 0 aliphatic rings. The maximum atomic E-state index is 11.6. The van der Waals surface area contributed by atoms with E-state index in [4.69, 9.17) is 4.42 Å². The van der Waals surface area contributed by atoms with Gasteiger partial charge in [0.1, 0.15) is 11.5 Å². The van der Waals surface area contributed by atoms with Crippen molar-refractivity contribution >= 4 is 10.0 Å². The second-order valence-electron chi connectivity index (χ2n) is 7.24. The van der Waals surface area contributed by atoms with Gasteiger partial charge in [0.05, 0.1) is 5.75 Å². The van der Waals surface area contributed by atoms with Crippen LogP contribution >= 0.6 is 0 Å². The van der Waals surface area contributed by atoms with Gasteiger partial charge in [0.15, 0.2) is 0 Å². The highest BCUT2D eigenvalue weighted by atomic mass is 32.2. The molecule has 1 heterocycles. The Labute approximate surface area is 123 Å². The quantitative estimate of drug-likeness (QED) is 0.930. The molecule has 0 aromatic carbocycles. The van der Waals surface area contributed by atoms with Crippen molar-refractivity contribution in [3.8, 4) is 0 Å². The van der Waals surface area contributed by atoms with Crippen LogP contribution in [0.5, 0.6) is 0 Å². The summed E-state index contributed by atoms with van der Waals surface area (Å²) in [5, 5.41) is 0. The zero-order valence-electron chi connectivity index (χ0n) is 13.6. The van der Waals surface area contributed by atoms with Crippen molar-refractivity contribution in [1.29, 1.82) is 0 Å². The monoisotopic (exact) mass is 301 g/mol. The summed E-state index contributed by atoms with van der Waals surface area (Å²) in [6, 6.07) is 2.01. The Morgan fingerprint density at radius 1 is 1.10 bits per heavy atom. The Kier molecular flexibility index (Phi) is 4.76. The van der Waals surface area contributed by atoms with E-state index in [-0.39, 0.29) is 16.6 Å². The Balaban J connectivity index is 3.14. The molecular weight excluding hydrogens is 274 g/mol. The van der Waals surface area contributed by atoms with E-state index >= 15 is 0 Å². The zero-order chi connectivity index (χ0) is 15.8. The third-order valence-corrected chi connectivity index (χ3v) is 4.54. The SMILES string of the molecule is CNS(=O)(=O)CCc1cc(C(C)(C)C)oc1C(C)(C)C. The Morgan fingerprint density at radius 2 is 1.65 bits per heavy atom. The van der Waals surface area contributed by atoms with Gasteiger partial charge in [0.25, 0.3) is 0 Å². The van der Waals surface area contributed by atoms with Crippen LogP contribution in [0.3, 0.4) is 0 Å². The molecule has 1 aromatic heterocycles. The second kappa shape index (κ2) is 5.53. The van der Waals surface area contributed by atoms with Crippen molar-refractivity contribution in [3.63, 3.8) is 0 Å². The molecule has 0 saturated carbocycles. The van der Waals surface area contributed by atoms with E-state index in [0.717, 1.165) is 17.1 Å². The molecule has 1 N–H and O–H groups in total. The fraction of sp³-hybridized carbons (Fsp3) is 0.733. The third kappa shape index (κ3) is 4.35. The molecule has 0 spiro atoms. The average Bonchev–Trinajstić information content (AvgIpc) is 2.70. The van der Waals surface area contributed by atoms with Crippen molar-refractivity contribution < 1.29 is 12.8 Å². The number of hydrogen-bond donors (Lipinski definition) is 1. The van der Waals surface area contributed by atoms with Crippen LogP contribution in [0.15, 0.2) is 10.5 Å². The molecule has 1 rings (SSSR count). The number of aryl methyl sites for hydroxylation is 1. The molecule has 0 bridgehead atoms. The lowest BCUT2D eigenvalue weighted by molar-refractivity contribution is 0.341. The van der Waals surface area contributed by atoms with E-state index < -0.39 is 10.0 Å². The van der Waals surface area contributed by atoms with E-state index in [0.29, 0.717) is 6.42 Å². The summed E-state index contributed by atoms with van der Waals surface area (Å²) in [6.45, 7) is 12.5. The van der Waals surface area contributed by atoms with E-state index in [2.05, 4.69) is 46.3 Å². The molecule has 1 aromatic rings. The van der Waals surface area contributed by atoms with Crippen LogP contribution < -0.4 is 4.72 Å². The van der Waals surface area contributed by atoms with Gasteiger partial charge in [-0.1, -0.05) is 41.5 Å². The van der Waals surface area contributed by atoms with Gasteiger partial charge in [-0.2, -0.15) is 0 Å². The Bertz CT molecular complexity index is 557. The van der Waals surface area contributed by atoms with Crippen LogP contribution in [-0.4, -0.2) is 21.2 Å². The molecule has 0 unspecified atom stereocenters. The lowest BCUT2D eigenvalue weighted by Crippen LogP contribution is -2.23. The summed E-state index contributed by atoms with van der Waals surface area (Å²) in [6.07, 6.45) is 0.468. The predicted octanol–water partition coefficient (Wildman–Crippen LogP) is 2.97. The van der Waals surface area contributed by atoms with Crippen molar-refractivity contribution in [1.82, 2.24) is 4.72 Å². The van der Waals surface area contributed by atoms with Crippen LogP contribution in [-0.2, 0) is 27.3 Å². The largest absolute Gasteiger partial charge is 0.465 e. The van der Waals surface area contributed by atoms with Gasteiger partial charge in [-0.25, -0.2) is 13.1 Å². The highest BCUT2D eigenvalue weighted by molar-refractivity contribution is 7.89. The van der Waals surface area contributed by atoms with Gasteiger partial charge in [-0.05, 0) is 25.1 Å². The Hall–Kier alpha value is -0.810. The fourth-order valence-corrected chi connectivity index (χ4v) is 2.66. The minimum Gasteiger partial charge on any atom is -0.465 e. The molecule has 0 fully saturated rings. The van der Waals surface area contributed by atoms with Gasteiger partial charge in [0.2, 0.25) is 10.0 Å². The third-order valence-electron chi connectivity index (χ3n) is 3.18. The van der Waals surface area contributed by atoms with Crippen LogP contribution in [0.2, 0.25) is 0 Å². The summed E-state index contributed by atoms with van der Waals surface area (Å²) in [4.78, 5) is 0. The molecule has 0 saturated heterocycles. The van der Waals surface area contributed by atoms with Crippen LogP contribution in [0, 0.1) is 0 Å². The molecule has 0 aliphatic carbocycles. The molecule has 0 radical (unpaired) electrons. The minimum absolute atomic E-state index is 0.0791. The zero-order valence-corrected chi connectivity index (χ0v) is 14.4. The fourth-order valence-electron chi connectivity index (χ4n) is 1.97. The van der Waals surface area contributed by atoms with Crippen LogP contribution in [0.1, 0.15) is 58.6 Å². The van der Waals surface area contributed by atoms with E-state index in [1.54, 1.807) is 0 Å². The summed E-state index contributed by atoms with van der Waals surface area (Å²) < 4.78 is 31.6. The molecule has 20 heavy (non-hydrogen) atoms. The van der Waals surface area contributed by atoms with Crippen LogP contribution in [0.4, 0.5) is 0 Å². The molecule has 0 atom stereocenters. The van der Waals surface area contributed by atoms with E-state index in [1.165, 1.54) is 7.05 Å². The first kappa shape index (κ1) is 17.2. The average molecular weight is 301 g/mol. The number of rotatable bonds is 4. The summed E-state index contributed by atoms with van der Waals surface area (Å²) in [5.74, 6) is 1.86. The van der Waals surface area contributed by atoms with Gasteiger partial charge in [0, 0.05) is 10.8 Å². The maximum Gasteiger partial charge on any atom is 0.211 e. The maximum absolute atomic E-state index is 11.6. The van der Waals surface area contributed by atoms with E-state index in [1.807, 2.05) is 6.07 Å². The summed E-state index contributed by atoms with van der Waals surface area (Å²) in [7, 11) is -1.76. The molecule has 5 heteroatoms. The van der Waals surface area contributed by atoms with Crippen molar-refractivity contribution in [3.05, 3.63) is 23.2 Å². The topological polar surface area (TPSA) is 59.3 Å². The minimum atomic E-state index is -3.20. The molecule has 0 aliphatic heterocycles. The first-order valence-corrected chi connectivity index (χ1v) is 8.57. The lowest BCUT2D eigenvalue weighted by atomic mass is 9.89. The normalized spacial score (nSPS) is 13.8. The smallest absolute Gasteiger partial charge is 0.211 e. The summed E-state index contributed by atoms with van der Waals surface area (Å²) in [5.41, 5.74) is 0.767. The lowest BCUT2D eigenvalue weighted by Gasteiger charge is -2.19. The van der Waals surface area contributed by atoms with Gasteiger partial charge in [-0.3, -0.25) is 0 Å². The first-order valence-electron chi connectivity index (χ1n) is 6.92.